The van der Waals surface area contributed by atoms with Crippen LogP contribution in [0.5, 0.6) is 0 Å². The molecule has 1 aromatic rings. The van der Waals surface area contributed by atoms with E-state index in [-0.39, 0.29) is 10.9 Å². The van der Waals surface area contributed by atoms with Gasteiger partial charge in [-0.1, -0.05) is 0 Å². The zero-order valence-electron chi connectivity index (χ0n) is 10.9. The summed E-state index contributed by atoms with van der Waals surface area (Å²) in [5.74, 6) is 0. The van der Waals surface area contributed by atoms with Crippen LogP contribution in [0.1, 0.15) is 6.92 Å². The molecule has 0 radical (unpaired) electrons. The van der Waals surface area contributed by atoms with E-state index >= 15 is 0 Å². The fraction of sp³-hybridized carbons (Fsp3) is 0.700. The molecular formula is C10H20N4O3S. The highest BCUT2D eigenvalue weighted by Gasteiger charge is 2.26. The number of aromatic nitrogens is 2. The molecule has 7 nitrogen and oxygen atoms in total. The molecule has 1 rings (SSSR count). The minimum absolute atomic E-state index is 0.168. The first-order chi connectivity index (χ1) is 8.43. The molecule has 1 unspecified atom stereocenters. The Labute approximate surface area is 108 Å². The normalized spacial score (nSPS) is 14.1. The molecule has 8 heteroatoms. The molecule has 104 valence electrons. The van der Waals surface area contributed by atoms with E-state index in [1.165, 1.54) is 35.5 Å². The van der Waals surface area contributed by atoms with E-state index < -0.39 is 10.0 Å². The smallest absolute Gasteiger partial charge is 0.246 e. The lowest BCUT2D eigenvalue weighted by molar-refractivity contribution is 0.149. The molecular weight excluding hydrogens is 256 g/mol. The van der Waals surface area contributed by atoms with Gasteiger partial charge in [0.15, 0.2) is 0 Å². The standard InChI is InChI=1S/C10H20N4O3S/c1-9(8-17-3)13(2)18(15,16)10-6-12-14(7-10)5-4-11/h6-7,9H,4-5,8,11H2,1-3H3. The first-order valence-electron chi connectivity index (χ1n) is 5.63. The Morgan fingerprint density at radius 2 is 2.28 bits per heavy atom. The predicted octanol–water partition coefficient (Wildman–Crippen LogP) is -0.503. The molecule has 0 aromatic carbocycles. The summed E-state index contributed by atoms with van der Waals surface area (Å²) in [5, 5.41) is 3.96. The van der Waals surface area contributed by atoms with Crippen molar-refractivity contribution in [2.45, 2.75) is 24.4 Å². The molecule has 18 heavy (non-hydrogen) atoms. The molecule has 0 saturated heterocycles. The van der Waals surface area contributed by atoms with Crippen molar-refractivity contribution in [3.05, 3.63) is 12.4 Å². The van der Waals surface area contributed by atoms with Gasteiger partial charge in [-0.15, -0.1) is 0 Å². The summed E-state index contributed by atoms with van der Waals surface area (Å²) < 4.78 is 32.3. The lowest BCUT2D eigenvalue weighted by Crippen LogP contribution is -2.37. The molecule has 0 aliphatic heterocycles. The molecule has 0 bridgehead atoms. The van der Waals surface area contributed by atoms with Crippen molar-refractivity contribution >= 4 is 10.0 Å². The molecule has 0 aliphatic carbocycles. The van der Waals surface area contributed by atoms with Crippen LogP contribution in [0.15, 0.2) is 17.3 Å². The van der Waals surface area contributed by atoms with E-state index in [9.17, 15) is 8.42 Å². The minimum atomic E-state index is -3.53. The largest absolute Gasteiger partial charge is 0.383 e. The van der Waals surface area contributed by atoms with Crippen molar-refractivity contribution in [2.24, 2.45) is 5.73 Å². The maximum atomic E-state index is 12.3. The number of likely N-dealkylation sites (N-methyl/N-ethyl adjacent to an activating group) is 1. The van der Waals surface area contributed by atoms with Crippen molar-refractivity contribution in [1.29, 1.82) is 0 Å². The summed E-state index contributed by atoms with van der Waals surface area (Å²) in [6.07, 6.45) is 2.82. The fourth-order valence-corrected chi connectivity index (χ4v) is 2.78. The van der Waals surface area contributed by atoms with Gasteiger partial charge in [-0.3, -0.25) is 4.68 Å². The van der Waals surface area contributed by atoms with Gasteiger partial charge >= 0.3 is 0 Å². The average Bonchev–Trinajstić information content (AvgIpc) is 2.78. The number of sulfonamides is 1. The van der Waals surface area contributed by atoms with Crippen LogP contribution >= 0.6 is 0 Å². The maximum Gasteiger partial charge on any atom is 0.246 e. The highest BCUT2D eigenvalue weighted by molar-refractivity contribution is 7.89. The molecule has 0 saturated carbocycles. The minimum Gasteiger partial charge on any atom is -0.383 e. The molecule has 0 spiro atoms. The van der Waals surface area contributed by atoms with Gasteiger partial charge in [0.2, 0.25) is 10.0 Å². The lowest BCUT2D eigenvalue weighted by atomic mass is 10.4. The zero-order chi connectivity index (χ0) is 13.8. The van der Waals surface area contributed by atoms with Crippen LogP contribution in [0.4, 0.5) is 0 Å². The first kappa shape index (κ1) is 15.1. The lowest BCUT2D eigenvalue weighted by Gasteiger charge is -2.22. The summed E-state index contributed by atoms with van der Waals surface area (Å²) in [6.45, 7) is 3.03. The number of nitrogens with two attached hydrogens (primary N) is 1. The number of rotatable bonds is 7. The van der Waals surface area contributed by atoms with Crippen LogP contribution in [-0.4, -0.2) is 55.9 Å². The molecule has 1 atom stereocenters. The topological polar surface area (TPSA) is 90.5 Å². The van der Waals surface area contributed by atoms with E-state index in [0.29, 0.717) is 19.7 Å². The van der Waals surface area contributed by atoms with Crippen molar-refractivity contribution in [1.82, 2.24) is 14.1 Å². The molecule has 1 aromatic heterocycles. The third-order valence-electron chi connectivity index (χ3n) is 2.67. The number of methoxy groups -OCH3 is 1. The Morgan fingerprint density at radius 3 is 2.83 bits per heavy atom. The van der Waals surface area contributed by atoms with Crippen LogP contribution in [0, 0.1) is 0 Å². The van der Waals surface area contributed by atoms with E-state index in [2.05, 4.69) is 5.10 Å². The number of hydrogen-bond donors (Lipinski definition) is 1. The Kier molecular flexibility index (Phi) is 5.27. The van der Waals surface area contributed by atoms with Gasteiger partial charge in [0.05, 0.1) is 19.3 Å². The van der Waals surface area contributed by atoms with Crippen molar-refractivity contribution in [3.8, 4) is 0 Å². The second kappa shape index (κ2) is 6.28. The number of hydrogen-bond acceptors (Lipinski definition) is 5. The van der Waals surface area contributed by atoms with Crippen molar-refractivity contribution in [2.75, 3.05) is 27.3 Å². The van der Waals surface area contributed by atoms with E-state index in [1.54, 1.807) is 6.92 Å². The Morgan fingerprint density at radius 1 is 1.61 bits per heavy atom. The second-order valence-corrected chi connectivity index (χ2v) is 6.05. The quantitative estimate of drug-likeness (QED) is 0.725. The van der Waals surface area contributed by atoms with Gasteiger partial charge in [-0.25, -0.2) is 8.42 Å². The van der Waals surface area contributed by atoms with Crippen LogP contribution in [0.3, 0.4) is 0 Å². The number of nitrogens with zero attached hydrogens (tertiary/aromatic N) is 3. The summed E-state index contributed by atoms with van der Waals surface area (Å²) in [5.41, 5.74) is 5.39. The third kappa shape index (κ3) is 3.29. The van der Waals surface area contributed by atoms with E-state index in [0.717, 1.165) is 0 Å². The Balaban J connectivity index is 2.90. The molecule has 0 fully saturated rings. The zero-order valence-corrected chi connectivity index (χ0v) is 11.7. The molecule has 2 N–H and O–H groups in total. The summed E-state index contributed by atoms with van der Waals surface area (Å²) in [4.78, 5) is 0.168. The van der Waals surface area contributed by atoms with E-state index in [4.69, 9.17) is 10.5 Å². The fourth-order valence-electron chi connectivity index (χ4n) is 1.48. The molecule has 1 heterocycles. The van der Waals surface area contributed by atoms with Gasteiger partial charge in [0, 0.05) is 32.9 Å². The van der Waals surface area contributed by atoms with Gasteiger partial charge in [-0.2, -0.15) is 9.40 Å². The van der Waals surface area contributed by atoms with Gasteiger partial charge in [-0.05, 0) is 6.92 Å². The highest BCUT2D eigenvalue weighted by atomic mass is 32.2. The van der Waals surface area contributed by atoms with Crippen molar-refractivity contribution < 1.29 is 13.2 Å². The Hall–Kier alpha value is -0.960. The Bertz CT molecular complexity index is 471. The first-order valence-corrected chi connectivity index (χ1v) is 7.07. The summed E-state index contributed by atoms with van der Waals surface area (Å²) >= 11 is 0. The van der Waals surface area contributed by atoms with E-state index in [1.807, 2.05) is 0 Å². The second-order valence-electron chi connectivity index (χ2n) is 4.05. The average molecular weight is 276 g/mol. The molecule has 0 amide bonds. The van der Waals surface area contributed by atoms with Crippen LogP contribution in [-0.2, 0) is 21.3 Å². The summed E-state index contributed by atoms with van der Waals surface area (Å²) in [7, 11) is -0.464. The predicted molar refractivity (Wildman–Crippen MR) is 67.6 cm³/mol. The maximum absolute atomic E-state index is 12.3. The van der Waals surface area contributed by atoms with Crippen LogP contribution < -0.4 is 5.73 Å². The summed E-state index contributed by atoms with van der Waals surface area (Å²) in [6, 6.07) is -0.238. The SMILES string of the molecule is COCC(C)N(C)S(=O)(=O)c1cnn(CCN)c1. The molecule has 0 aliphatic rings. The van der Waals surface area contributed by atoms with Gasteiger partial charge < -0.3 is 10.5 Å². The monoisotopic (exact) mass is 276 g/mol. The van der Waals surface area contributed by atoms with Gasteiger partial charge in [0.1, 0.15) is 4.90 Å². The van der Waals surface area contributed by atoms with Crippen LogP contribution in [0.2, 0.25) is 0 Å². The highest BCUT2D eigenvalue weighted by Crippen LogP contribution is 2.15. The number of ether oxygens (including phenoxy) is 1. The van der Waals surface area contributed by atoms with Crippen molar-refractivity contribution in [3.63, 3.8) is 0 Å². The third-order valence-corrected chi connectivity index (χ3v) is 4.60. The van der Waals surface area contributed by atoms with Crippen LogP contribution in [0.25, 0.3) is 0 Å². The van der Waals surface area contributed by atoms with Gasteiger partial charge in [0.25, 0.3) is 0 Å².